The van der Waals surface area contributed by atoms with Crippen molar-refractivity contribution in [1.29, 1.82) is 0 Å². The molecule has 0 bridgehead atoms. The van der Waals surface area contributed by atoms with Gasteiger partial charge in [-0.1, -0.05) is 23.7 Å². The van der Waals surface area contributed by atoms with E-state index in [1.807, 2.05) is 0 Å². The van der Waals surface area contributed by atoms with E-state index in [1.165, 1.54) is 28.6 Å². The molecule has 2 N–H and O–H groups in total. The first-order valence-electron chi connectivity index (χ1n) is 7.40. The molecule has 0 aromatic heterocycles. The Morgan fingerprint density at radius 1 is 1.07 bits per heavy atom. The van der Waals surface area contributed by atoms with Crippen LogP contribution in [0.1, 0.15) is 0 Å². The number of thioether (sulfide) groups is 1. The van der Waals surface area contributed by atoms with Gasteiger partial charge in [-0.05, 0) is 36.4 Å². The van der Waals surface area contributed by atoms with Crippen LogP contribution >= 0.6 is 23.4 Å². The monoisotopic (exact) mass is 438 g/mol. The summed E-state index contributed by atoms with van der Waals surface area (Å²) >= 11 is 7.23. The molecule has 2 aromatic carbocycles. The number of nitrogens with one attached hydrogen (secondary N) is 2. The van der Waals surface area contributed by atoms with Crippen molar-refractivity contribution in [3.05, 3.63) is 53.6 Å². The van der Waals surface area contributed by atoms with E-state index in [2.05, 4.69) is 5.32 Å². The van der Waals surface area contributed by atoms with Gasteiger partial charge in [0.15, 0.2) is 0 Å². The topological polar surface area (TPSA) is 75.3 Å². The predicted molar refractivity (Wildman–Crippen MR) is 98.5 cm³/mol. The van der Waals surface area contributed by atoms with Crippen molar-refractivity contribution < 1.29 is 26.4 Å². The second kappa shape index (κ2) is 8.96. The van der Waals surface area contributed by atoms with Gasteiger partial charge in [-0.15, -0.1) is 11.8 Å². The van der Waals surface area contributed by atoms with Crippen LogP contribution in [0.4, 0.5) is 18.9 Å². The van der Waals surface area contributed by atoms with Gasteiger partial charge in [0.2, 0.25) is 15.9 Å². The minimum atomic E-state index is -4.65. The van der Waals surface area contributed by atoms with Crippen molar-refractivity contribution in [3.8, 4) is 0 Å². The number of halogens is 4. The largest absolute Gasteiger partial charge is 0.402 e. The van der Waals surface area contributed by atoms with Crippen LogP contribution < -0.4 is 10.0 Å². The molecule has 0 saturated heterocycles. The van der Waals surface area contributed by atoms with E-state index >= 15 is 0 Å². The molecule has 5 nitrogen and oxygen atoms in total. The molecule has 0 heterocycles. The minimum Gasteiger partial charge on any atom is -0.325 e. The lowest BCUT2D eigenvalue weighted by Crippen LogP contribution is -2.33. The zero-order valence-corrected chi connectivity index (χ0v) is 16.0. The van der Waals surface area contributed by atoms with Gasteiger partial charge in [0, 0.05) is 10.6 Å². The quantitative estimate of drug-likeness (QED) is 0.643. The van der Waals surface area contributed by atoms with Crippen LogP contribution in [0.2, 0.25) is 5.02 Å². The average Bonchev–Trinajstić information content (AvgIpc) is 2.59. The van der Waals surface area contributed by atoms with Crippen molar-refractivity contribution in [3.63, 3.8) is 0 Å². The molecule has 2 aromatic rings. The number of carbonyl (C=O) groups excluding carboxylic acids is 1. The first kappa shape index (κ1) is 21.5. The Morgan fingerprint density at radius 3 is 2.30 bits per heavy atom. The smallest absolute Gasteiger partial charge is 0.325 e. The molecule has 0 saturated carbocycles. The zero-order chi connectivity index (χ0) is 20.1. The Morgan fingerprint density at radius 2 is 1.70 bits per heavy atom. The molecule has 11 heteroatoms. The van der Waals surface area contributed by atoms with Gasteiger partial charge in [-0.3, -0.25) is 4.79 Å². The van der Waals surface area contributed by atoms with Crippen LogP contribution in [0.5, 0.6) is 0 Å². The van der Waals surface area contributed by atoms with Gasteiger partial charge >= 0.3 is 6.18 Å². The van der Waals surface area contributed by atoms with E-state index in [-0.39, 0.29) is 16.6 Å². The van der Waals surface area contributed by atoms with Crippen LogP contribution in [0.3, 0.4) is 0 Å². The molecule has 0 atom stereocenters. The fourth-order valence-corrected chi connectivity index (χ4v) is 3.93. The zero-order valence-electron chi connectivity index (χ0n) is 13.6. The molecular weight excluding hydrogens is 425 g/mol. The summed E-state index contributed by atoms with van der Waals surface area (Å²) in [5.74, 6) is -0.262. The molecule has 0 unspecified atom stereocenters. The van der Waals surface area contributed by atoms with E-state index in [1.54, 1.807) is 24.3 Å². The number of alkyl halides is 3. The molecule has 27 heavy (non-hydrogen) atoms. The highest BCUT2D eigenvalue weighted by atomic mass is 35.5. The highest BCUT2D eigenvalue weighted by molar-refractivity contribution is 8.00. The number of benzene rings is 2. The number of amides is 1. The molecular formula is C16H14ClF3N2O3S2. The Bertz CT molecular complexity index is 904. The Labute approximate surface area is 163 Å². The van der Waals surface area contributed by atoms with Crippen LogP contribution in [-0.4, -0.2) is 32.8 Å². The molecule has 146 valence electrons. The summed E-state index contributed by atoms with van der Waals surface area (Å²) in [5.41, 5.74) is 0.314. The van der Waals surface area contributed by atoms with Crippen molar-refractivity contribution >= 4 is 45.0 Å². The summed E-state index contributed by atoms with van der Waals surface area (Å²) in [4.78, 5) is 12.4. The molecule has 2 rings (SSSR count). The highest BCUT2D eigenvalue weighted by Crippen LogP contribution is 2.26. The van der Waals surface area contributed by atoms with Crippen LogP contribution in [0, 0.1) is 0 Å². The van der Waals surface area contributed by atoms with Crippen LogP contribution in [-0.2, 0) is 14.8 Å². The highest BCUT2D eigenvalue weighted by Gasteiger charge is 2.30. The van der Waals surface area contributed by atoms with Crippen molar-refractivity contribution in [2.24, 2.45) is 0 Å². The third kappa shape index (κ3) is 7.06. The van der Waals surface area contributed by atoms with E-state index in [4.69, 9.17) is 11.6 Å². The van der Waals surface area contributed by atoms with Gasteiger partial charge < -0.3 is 5.32 Å². The molecule has 0 aliphatic heterocycles. The minimum absolute atomic E-state index is 0.0803. The van der Waals surface area contributed by atoms with Gasteiger partial charge in [0.05, 0.1) is 15.7 Å². The van der Waals surface area contributed by atoms with Crippen molar-refractivity contribution in [2.75, 3.05) is 17.6 Å². The lowest BCUT2D eigenvalue weighted by atomic mass is 10.3. The maximum atomic E-state index is 12.1. The summed E-state index contributed by atoms with van der Waals surface area (Å²) in [6.45, 7) is -1.66. The first-order chi connectivity index (χ1) is 12.6. The van der Waals surface area contributed by atoms with E-state index in [9.17, 15) is 26.4 Å². The maximum Gasteiger partial charge on any atom is 0.402 e. The van der Waals surface area contributed by atoms with Crippen LogP contribution in [0.15, 0.2) is 58.3 Å². The average molecular weight is 439 g/mol. The van der Waals surface area contributed by atoms with Crippen LogP contribution in [0.25, 0.3) is 0 Å². The number of hydrogen-bond acceptors (Lipinski definition) is 4. The maximum absolute atomic E-state index is 12.1. The summed E-state index contributed by atoms with van der Waals surface area (Å²) in [7, 11) is -4.29. The Kier molecular flexibility index (Phi) is 7.15. The van der Waals surface area contributed by atoms with E-state index < -0.39 is 22.7 Å². The lowest BCUT2D eigenvalue weighted by Gasteiger charge is -2.10. The molecule has 0 radical (unpaired) electrons. The Hall–Kier alpha value is -1.75. The standard InChI is InChI=1S/C16H14ClF3N2O3S2/c17-13-3-1-2-4-14(13)26-9-15(23)22-11-5-7-12(8-6-11)27(24,25)21-10-16(18,19)20/h1-8,21H,9-10H2,(H,22,23). The van der Waals surface area contributed by atoms with E-state index in [0.29, 0.717) is 10.7 Å². The van der Waals surface area contributed by atoms with Gasteiger partial charge in [0.1, 0.15) is 6.54 Å². The van der Waals surface area contributed by atoms with Crippen molar-refractivity contribution in [1.82, 2.24) is 4.72 Å². The summed E-state index contributed by atoms with van der Waals surface area (Å²) in [6.07, 6.45) is -4.65. The second-order valence-corrected chi connectivity index (χ2v) is 8.42. The van der Waals surface area contributed by atoms with E-state index in [0.717, 1.165) is 17.0 Å². The first-order valence-corrected chi connectivity index (χ1v) is 10.3. The molecule has 0 aliphatic rings. The predicted octanol–water partition coefficient (Wildman–Crippen LogP) is 3.91. The number of sulfonamides is 1. The van der Waals surface area contributed by atoms with Gasteiger partial charge in [-0.2, -0.15) is 13.2 Å². The third-order valence-electron chi connectivity index (χ3n) is 3.11. The molecule has 1 amide bonds. The fraction of sp³-hybridized carbons (Fsp3) is 0.188. The summed E-state index contributed by atoms with van der Waals surface area (Å²) in [5, 5.41) is 3.09. The lowest BCUT2D eigenvalue weighted by molar-refractivity contribution is -0.121. The summed E-state index contributed by atoms with van der Waals surface area (Å²) in [6, 6.07) is 11.8. The van der Waals surface area contributed by atoms with Gasteiger partial charge in [0.25, 0.3) is 0 Å². The Balaban J connectivity index is 1.93. The molecule has 0 spiro atoms. The molecule has 0 aliphatic carbocycles. The number of hydrogen-bond donors (Lipinski definition) is 2. The summed E-state index contributed by atoms with van der Waals surface area (Å²) < 4.78 is 61.5. The number of anilines is 1. The second-order valence-electron chi connectivity index (χ2n) is 5.23. The SMILES string of the molecule is O=C(CSc1ccccc1Cl)Nc1ccc(S(=O)(=O)NCC(F)(F)F)cc1. The number of carbonyl (C=O) groups is 1. The van der Waals surface area contributed by atoms with Crippen molar-refractivity contribution in [2.45, 2.75) is 16.0 Å². The fourth-order valence-electron chi connectivity index (χ4n) is 1.88. The third-order valence-corrected chi connectivity index (χ3v) is 6.04. The normalized spacial score (nSPS) is 12.0. The molecule has 0 fully saturated rings. The van der Waals surface area contributed by atoms with Gasteiger partial charge in [-0.25, -0.2) is 13.1 Å². The number of rotatable bonds is 7.